The van der Waals surface area contributed by atoms with E-state index in [1.54, 1.807) is 0 Å². The SMILES string of the molecule is CCCOc1cccc(C(=O)CC2CCSCC2)c1. The van der Waals surface area contributed by atoms with Gasteiger partial charge in [0.25, 0.3) is 0 Å². The van der Waals surface area contributed by atoms with E-state index in [0.717, 1.165) is 17.7 Å². The lowest BCUT2D eigenvalue weighted by Crippen LogP contribution is -2.14. The van der Waals surface area contributed by atoms with Gasteiger partial charge in [-0.2, -0.15) is 11.8 Å². The monoisotopic (exact) mass is 278 g/mol. The first-order valence-corrected chi connectivity index (χ1v) is 8.29. The van der Waals surface area contributed by atoms with Gasteiger partial charge in [0.2, 0.25) is 0 Å². The van der Waals surface area contributed by atoms with Crippen molar-refractivity contribution in [2.24, 2.45) is 5.92 Å². The molecule has 0 unspecified atom stereocenters. The number of carbonyl (C=O) groups is 1. The molecule has 1 fully saturated rings. The first-order chi connectivity index (χ1) is 9.29. The van der Waals surface area contributed by atoms with Crippen LogP contribution in [0.2, 0.25) is 0 Å². The molecule has 1 aromatic rings. The predicted molar refractivity (Wildman–Crippen MR) is 81.2 cm³/mol. The van der Waals surface area contributed by atoms with E-state index in [-0.39, 0.29) is 5.78 Å². The number of thioether (sulfide) groups is 1. The van der Waals surface area contributed by atoms with Crippen molar-refractivity contribution < 1.29 is 9.53 Å². The van der Waals surface area contributed by atoms with E-state index in [9.17, 15) is 4.79 Å². The smallest absolute Gasteiger partial charge is 0.163 e. The third kappa shape index (κ3) is 4.57. The third-order valence-corrected chi connectivity index (χ3v) is 4.49. The molecule has 1 saturated heterocycles. The normalized spacial score (nSPS) is 16.3. The summed E-state index contributed by atoms with van der Waals surface area (Å²) in [5.74, 6) is 4.06. The van der Waals surface area contributed by atoms with Crippen LogP contribution >= 0.6 is 11.8 Å². The summed E-state index contributed by atoms with van der Waals surface area (Å²) in [6.07, 6.45) is 4.04. The van der Waals surface area contributed by atoms with Gasteiger partial charge in [-0.05, 0) is 48.8 Å². The lowest BCUT2D eigenvalue weighted by Gasteiger charge is -2.20. The molecule has 2 rings (SSSR count). The summed E-state index contributed by atoms with van der Waals surface area (Å²) in [5, 5.41) is 0. The van der Waals surface area contributed by atoms with Crippen LogP contribution in [0, 0.1) is 5.92 Å². The molecule has 1 aromatic carbocycles. The Labute approximate surface area is 119 Å². The average molecular weight is 278 g/mol. The molecule has 0 aliphatic carbocycles. The van der Waals surface area contributed by atoms with E-state index in [4.69, 9.17) is 4.74 Å². The van der Waals surface area contributed by atoms with Crippen LogP contribution in [0.1, 0.15) is 43.0 Å². The minimum Gasteiger partial charge on any atom is -0.494 e. The predicted octanol–water partition coefficient (Wildman–Crippen LogP) is 4.19. The number of hydrogen-bond donors (Lipinski definition) is 0. The first-order valence-electron chi connectivity index (χ1n) is 7.13. The maximum atomic E-state index is 12.3. The molecule has 3 heteroatoms. The summed E-state index contributed by atoms with van der Waals surface area (Å²) in [6.45, 7) is 2.79. The minimum atomic E-state index is 0.263. The highest BCUT2D eigenvalue weighted by molar-refractivity contribution is 7.99. The van der Waals surface area contributed by atoms with Crippen LogP contribution in [0.4, 0.5) is 0 Å². The molecule has 1 heterocycles. The summed E-state index contributed by atoms with van der Waals surface area (Å²) in [7, 11) is 0. The lowest BCUT2D eigenvalue weighted by atomic mass is 9.93. The number of carbonyl (C=O) groups excluding carboxylic acids is 1. The molecule has 0 atom stereocenters. The average Bonchev–Trinajstić information content (AvgIpc) is 2.46. The number of ketones is 1. The van der Waals surface area contributed by atoms with Crippen LogP contribution in [0.5, 0.6) is 5.75 Å². The Balaban J connectivity index is 1.93. The summed E-state index contributed by atoms with van der Waals surface area (Å²) in [4.78, 5) is 12.3. The number of Topliss-reactive ketones (excluding diaryl/α,β-unsaturated/α-hetero) is 1. The van der Waals surface area contributed by atoms with Crippen LogP contribution in [0.15, 0.2) is 24.3 Å². The second-order valence-electron chi connectivity index (χ2n) is 5.06. The Morgan fingerprint density at radius 3 is 2.89 bits per heavy atom. The maximum Gasteiger partial charge on any atom is 0.163 e. The van der Waals surface area contributed by atoms with Gasteiger partial charge in [0, 0.05) is 12.0 Å². The second-order valence-corrected chi connectivity index (χ2v) is 6.28. The number of rotatable bonds is 6. The fourth-order valence-electron chi connectivity index (χ4n) is 2.31. The summed E-state index contributed by atoms with van der Waals surface area (Å²) >= 11 is 2.00. The standard InChI is InChI=1S/C16H22O2S/c1-2-8-18-15-5-3-4-14(12-15)16(17)11-13-6-9-19-10-7-13/h3-5,12-13H,2,6-11H2,1H3. The van der Waals surface area contributed by atoms with Crippen molar-refractivity contribution in [2.45, 2.75) is 32.6 Å². The lowest BCUT2D eigenvalue weighted by molar-refractivity contribution is 0.0958. The van der Waals surface area contributed by atoms with Crippen molar-refractivity contribution in [3.05, 3.63) is 29.8 Å². The Morgan fingerprint density at radius 1 is 1.37 bits per heavy atom. The molecule has 0 aromatic heterocycles. The van der Waals surface area contributed by atoms with E-state index in [2.05, 4.69) is 6.92 Å². The fourth-order valence-corrected chi connectivity index (χ4v) is 3.51. The molecule has 0 radical (unpaired) electrons. The largest absolute Gasteiger partial charge is 0.494 e. The van der Waals surface area contributed by atoms with Gasteiger partial charge >= 0.3 is 0 Å². The van der Waals surface area contributed by atoms with Gasteiger partial charge in [-0.25, -0.2) is 0 Å². The van der Waals surface area contributed by atoms with Gasteiger partial charge < -0.3 is 4.74 Å². The highest BCUT2D eigenvalue weighted by Gasteiger charge is 2.18. The molecule has 1 aliphatic rings. The van der Waals surface area contributed by atoms with Gasteiger partial charge in [-0.1, -0.05) is 19.1 Å². The van der Waals surface area contributed by atoms with Gasteiger partial charge in [-0.15, -0.1) is 0 Å². The zero-order valence-electron chi connectivity index (χ0n) is 11.6. The molecular weight excluding hydrogens is 256 g/mol. The van der Waals surface area contributed by atoms with Gasteiger partial charge in [-0.3, -0.25) is 4.79 Å². The van der Waals surface area contributed by atoms with E-state index in [0.29, 0.717) is 18.9 Å². The number of benzene rings is 1. The Kier molecular flexibility index (Phi) is 5.77. The van der Waals surface area contributed by atoms with Crippen LogP contribution < -0.4 is 4.74 Å². The van der Waals surface area contributed by atoms with Crippen molar-refractivity contribution in [2.75, 3.05) is 18.1 Å². The molecule has 0 N–H and O–H groups in total. The Bertz CT molecular complexity index is 411. The molecule has 19 heavy (non-hydrogen) atoms. The topological polar surface area (TPSA) is 26.3 Å². The molecule has 0 saturated carbocycles. The van der Waals surface area contributed by atoms with Crippen LogP contribution in [-0.2, 0) is 0 Å². The van der Waals surface area contributed by atoms with Crippen LogP contribution in [0.25, 0.3) is 0 Å². The van der Waals surface area contributed by atoms with Gasteiger partial charge in [0.05, 0.1) is 6.61 Å². The van der Waals surface area contributed by atoms with Gasteiger partial charge in [0.15, 0.2) is 5.78 Å². The Hall–Kier alpha value is -0.960. The summed E-state index contributed by atoms with van der Waals surface area (Å²) in [6, 6.07) is 7.62. The highest BCUT2D eigenvalue weighted by atomic mass is 32.2. The fraction of sp³-hybridized carbons (Fsp3) is 0.562. The first kappa shape index (κ1) is 14.4. The van der Waals surface area contributed by atoms with Gasteiger partial charge in [0.1, 0.15) is 5.75 Å². The molecule has 2 nitrogen and oxygen atoms in total. The quantitative estimate of drug-likeness (QED) is 0.730. The number of ether oxygens (including phenoxy) is 1. The van der Waals surface area contributed by atoms with Crippen LogP contribution in [0.3, 0.4) is 0 Å². The zero-order chi connectivity index (χ0) is 13.5. The third-order valence-electron chi connectivity index (χ3n) is 3.44. The molecule has 0 amide bonds. The summed E-state index contributed by atoms with van der Waals surface area (Å²) < 4.78 is 5.58. The summed E-state index contributed by atoms with van der Waals surface area (Å²) in [5.41, 5.74) is 0.798. The maximum absolute atomic E-state index is 12.3. The molecular formula is C16H22O2S. The molecule has 1 aliphatic heterocycles. The number of hydrogen-bond acceptors (Lipinski definition) is 3. The van der Waals surface area contributed by atoms with E-state index >= 15 is 0 Å². The van der Waals surface area contributed by atoms with E-state index in [1.165, 1.54) is 24.3 Å². The minimum absolute atomic E-state index is 0.263. The van der Waals surface area contributed by atoms with Crippen molar-refractivity contribution in [3.63, 3.8) is 0 Å². The zero-order valence-corrected chi connectivity index (χ0v) is 12.4. The Morgan fingerprint density at radius 2 is 2.16 bits per heavy atom. The van der Waals surface area contributed by atoms with Crippen molar-refractivity contribution in [1.29, 1.82) is 0 Å². The van der Waals surface area contributed by atoms with Crippen molar-refractivity contribution in [1.82, 2.24) is 0 Å². The molecule has 0 bridgehead atoms. The van der Waals surface area contributed by atoms with Crippen LogP contribution in [-0.4, -0.2) is 23.9 Å². The van der Waals surface area contributed by atoms with Crippen molar-refractivity contribution in [3.8, 4) is 5.75 Å². The second kappa shape index (κ2) is 7.59. The van der Waals surface area contributed by atoms with E-state index < -0.39 is 0 Å². The van der Waals surface area contributed by atoms with Crippen molar-refractivity contribution >= 4 is 17.5 Å². The molecule has 104 valence electrons. The molecule has 0 spiro atoms. The highest BCUT2D eigenvalue weighted by Crippen LogP contribution is 2.27. The van der Waals surface area contributed by atoms with E-state index in [1.807, 2.05) is 36.0 Å².